The molecule has 1 nitrogen and oxygen atoms in total. The van der Waals surface area contributed by atoms with Crippen LogP contribution in [0.15, 0.2) is 11.6 Å². The van der Waals surface area contributed by atoms with Crippen LogP contribution in [0, 0.1) is 34.5 Å². The van der Waals surface area contributed by atoms with Crippen molar-refractivity contribution in [2.75, 3.05) is 0 Å². The summed E-state index contributed by atoms with van der Waals surface area (Å²) in [5.41, 5.74) is 1.63. The molecule has 0 saturated heterocycles. The smallest absolute Gasteiger partial charge is 0.173 e. The Hall–Kier alpha value is -0.660. The fraction of sp³-hybridized carbons (Fsp3) is 0.850. The van der Waals surface area contributed by atoms with E-state index in [0.29, 0.717) is 23.7 Å². The Balaban J connectivity index is 1.70. The molecule has 0 aromatic carbocycles. The number of hydrogen-bond acceptors (Lipinski definition) is 1. The standard InChI is InChI=1S/C20H29FO/c1-12-6-8-19(2)13(10-12)4-5-14-15(19)7-9-20(3)16(14)11-17(21)18(20)22/h4,12,14-17H,5-11H2,1-3H3/t12-,14+,15-,16-,17-,19-,20-/m0/s1. The van der Waals surface area contributed by atoms with Crippen LogP contribution < -0.4 is 0 Å². The summed E-state index contributed by atoms with van der Waals surface area (Å²) in [4.78, 5) is 12.4. The summed E-state index contributed by atoms with van der Waals surface area (Å²) in [6.07, 6.45) is 8.77. The van der Waals surface area contributed by atoms with Crippen LogP contribution in [-0.2, 0) is 4.79 Å². The maximum absolute atomic E-state index is 14.1. The lowest BCUT2D eigenvalue weighted by Gasteiger charge is -2.56. The maximum atomic E-state index is 14.1. The van der Waals surface area contributed by atoms with Crippen LogP contribution in [0.3, 0.4) is 0 Å². The van der Waals surface area contributed by atoms with Crippen LogP contribution in [0.25, 0.3) is 0 Å². The molecule has 0 N–H and O–H groups in total. The molecular formula is C20H29FO. The Morgan fingerprint density at radius 1 is 1.14 bits per heavy atom. The Kier molecular flexibility index (Phi) is 3.17. The Morgan fingerprint density at radius 2 is 1.86 bits per heavy atom. The van der Waals surface area contributed by atoms with E-state index in [2.05, 4.69) is 26.8 Å². The molecule has 3 fully saturated rings. The molecule has 0 spiro atoms. The van der Waals surface area contributed by atoms with Gasteiger partial charge >= 0.3 is 0 Å². The third-order valence-electron chi connectivity index (χ3n) is 8.05. The first-order chi connectivity index (χ1) is 10.4. The molecule has 3 saturated carbocycles. The van der Waals surface area contributed by atoms with E-state index >= 15 is 0 Å². The number of alkyl halides is 1. The summed E-state index contributed by atoms with van der Waals surface area (Å²) in [6.45, 7) is 6.89. The zero-order valence-corrected chi connectivity index (χ0v) is 14.2. The Morgan fingerprint density at radius 3 is 2.64 bits per heavy atom. The van der Waals surface area contributed by atoms with Crippen molar-refractivity contribution in [2.45, 2.75) is 71.9 Å². The number of hydrogen-bond donors (Lipinski definition) is 0. The lowest BCUT2D eigenvalue weighted by Crippen LogP contribution is -2.50. The van der Waals surface area contributed by atoms with Crippen molar-refractivity contribution in [2.24, 2.45) is 34.5 Å². The summed E-state index contributed by atoms with van der Waals surface area (Å²) in [6, 6.07) is 0. The number of Topliss-reactive ketones (excluding diaryl/α,β-unsaturated/α-hetero) is 1. The van der Waals surface area contributed by atoms with Crippen molar-refractivity contribution >= 4 is 5.78 Å². The second-order valence-electron chi connectivity index (χ2n) is 9.13. The molecule has 4 aliphatic carbocycles. The van der Waals surface area contributed by atoms with E-state index in [0.717, 1.165) is 25.2 Å². The van der Waals surface area contributed by atoms with Gasteiger partial charge in [0.2, 0.25) is 0 Å². The first-order valence-corrected chi connectivity index (χ1v) is 9.24. The second-order valence-corrected chi connectivity index (χ2v) is 9.13. The zero-order valence-electron chi connectivity index (χ0n) is 14.2. The molecule has 0 radical (unpaired) electrons. The molecule has 0 amide bonds. The molecule has 122 valence electrons. The normalized spacial score (nSPS) is 54.3. The molecule has 4 rings (SSSR count). The average molecular weight is 304 g/mol. The number of halogens is 1. The van der Waals surface area contributed by atoms with Gasteiger partial charge in [-0.1, -0.05) is 32.4 Å². The van der Waals surface area contributed by atoms with Gasteiger partial charge in [-0.3, -0.25) is 4.79 Å². The maximum Gasteiger partial charge on any atom is 0.173 e. The molecule has 0 unspecified atom stereocenters. The molecule has 22 heavy (non-hydrogen) atoms. The van der Waals surface area contributed by atoms with Gasteiger partial charge in [0.1, 0.15) is 0 Å². The second kappa shape index (κ2) is 4.68. The van der Waals surface area contributed by atoms with E-state index < -0.39 is 6.17 Å². The number of allylic oxidation sites excluding steroid dienone is 2. The van der Waals surface area contributed by atoms with E-state index in [1.165, 1.54) is 19.3 Å². The van der Waals surface area contributed by atoms with Gasteiger partial charge in [0, 0.05) is 5.41 Å². The Labute approximate surface area is 133 Å². The minimum Gasteiger partial charge on any atom is -0.296 e. The van der Waals surface area contributed by atoms with Crippen molar-refractivity contribution in [3.8, 4) is 0 Å². The summed E-state index contributed by atoms with van der Waals surface area (Å²) in [7, 11) is 0. The first-order valence-electron chi connectivity index (χ1n) is 9.24. The fourth-order valence-electron chi connectivity index (χ4n) is 6.59. The van der Waals surface area contributed by atoms with Crippen LogP contribution in [-0.4, -0.2) is 12.0 Å². The highest BCUT2D eigenvalue weighted by atomic mass is 19.1. The van der Waals surface area contributed by atoms with Crippen molar-refractivity contribution in [3.63, 3.8) is 0 Å². The van der Waals surface area contributed by atoms with Crippen molar-refractivity contribution in [3.05, 3.63) is 11.6 Å². The molecule has 0 aromatic heterocycles. The number of carbonyl (C=O) groups is 1. The minimum absolute atomic E-state index is 0.0897. The zero-order chi connectivity index (χ0) is 15.7. The molecule has 0 bridgehead atoms. The lowest BCUT2D eigenvalue weighted by molar-refractivity contribution is -0.134. The van der Waals surface area contributed by atoms with E-state index in [9.17, 15) is 9.18 Å². The topological polar surface area (TPSA) is 17.1 Å². The largest absolute Gasteiger partial charge is 0.296 e. The summed E-state index contributed by atoms with van der Waals surface area (Å²) in [5, 5.41) is 0. The number of fused-ring (bicyclic) bond motifs is 5. The molecule has 0 heterocycles. The van der Waals surface area contributed by atoms with Crippen molar-refractivity contribution in [1.82, 2.24) is 0 Å². The molecule has 4 aliphatic rings. The van der Waals surface area contributed by atoms with Crippen LogP contribution in [0.5, 0.6) is 0 Å². The van der Waals surface area contributed by atoms with Crippen LogP contribution >= 0.6 is 0 Å². The average Bonchev–Trinajstić information content (AvgIpc) is 2.72. The number of rotatable bonds is 0. The minimum atomic E-state index is -1.20. The molecule has 0 aromatic rings. The van der Waals surface area contributed by atoms with Crippen LogP contribution in [0.4, 0.5) is 4.39 Å². The quantitative estimate of drug-likeness (QED) is 0.569. The summed E-state index contributed by atoms with van der Waals surface area (Å²) < 4.78 is 14.1. The van der Waals surface area contributed by atoms with Crippen molar-refractivity contribution in [1.29, 1.82) is 0 Å². The highest BCUT2D eigenvalue weighted by Gasteiger charge is 2.61. The van der Waals surface area contributed by atoms with Gasteiger partial charge in [-0.05, 0) is 74.0 Å². The highest BCUT2D eigenvalue weighted by Crippen LogP contribution is 2.64. The van der Waals surface area contributed by atoms with Gasteiger partial charge in [0.05, 0.1) is 0 Å². The lowest BCUT2D eigenvalue weighted by atomic mass is 9.47. The summed E-state index contributed by atoms with van der Waals surface area (Å²) in [5.74, 6) is 2.21. The van der Waals surface area contributed by atoms with E-state index in [-0.39, 0.29) is 17.1 Å². The van der Waals surface area contributed by atoms with Gasteiger partial charge in [-0.25, -0.2) is 4.39 Å². The van der Waals surface area contributed by atoms with Crippen LogP contribution in [0.2, 0.25) is 0 Å². The monoisotopic (exact) mass is 304 g/mol. The summed E-state index contributed by atoms with van der Waals surface area (Å²) >= 11 is 0. The van der Waals surface area contributed by atoms with Gasteiger partial charge in [0.15, 0.2) is 12.0 Å². The SMILES string of the molecule is C[C@H]1CC[C@@]2(C)C(=CC[C@@H]3[C@@H]2CC[C@]2(C)C(=O)[C@@H](F)C[C@@H]32)C1. The van der Waals surface area contributed by atoms with Gasteiger partial charge < -0.3 is 0 Å². The van der Waals surface area contributed by atoms with Crippen LogP contribution in [0.1, 0.15) is 65.7 Å². The predicted molar refractivity (Wildman–Crippen MR) is 86.2 cm³/mol. The third-order valence-corrected chi connectivity index (χ3v) is 8.05. The third kappa shape index (κ3) is 1.79. The van der Waals surface area contributed by atoms with Crippen molar-refractivity contribution < 1.29 is 9.18 Å². The van der Waals surface area contributed by atoms with Gasteiger partial charge in [0.25, 0.3) is 0 Å². The van der Waals surface area contributed by atoms with E-state index in [4.69, 9.17) is 0 Å². The highest BCUT2D eigenvalue weighted by molar-refractivity contribution is 5.91. The molecule has 2 heteroatoms. The Bertz CT molecular complexity index is 538. The number of carbonyl (C=O) groups excluding carboxylic acids is 1. The molecular weight excluding hydrogens is 275 g/mol. The van der Waals surface area contributed by atoms with E-state index in [1.54, 1.807) is 5.57 Å². The molecule has 7 atom stereocenters. The predicted octanol–water partition coefficient (Wildman–Crippen LogP) is 5.10. The van der Waals surface area contributed by atoms with Gasteiger partial charge in [-0.15, -0.1) is 0 Å². The molecule has 0 aliphatic heterocycles. The number of ketones is 1. The van der Waals surface area contributed by atoms with E-state index in [1.807, 2.05) is 0 Å². The van der Waals surface area contributed by atoms with Gasteiger partial charge in [-0.2, -0.15) is 0 Å². The fourth-order valence-corrected chi connectivity index (χ4v) is 6.59. The first kappa shape index (κ1) is 14.9.